The molecule has 0 bridgehead atoms. The number of thioether (sulfide) groups is 1. The van der Waals surface area contributed by atoms with Gasteiger partial charge in [0.1, 0.15) is 5.75 Å². The average molecular weight is 373 g/mol. The first-order valence-electron chi connectivity index (χ1n) is 8.47. The molecule has 1 amide bonds. The van der Waals surface area contributed by atoms with E-state index in [9.17, 15) is 9.59 Å². The number of amides is 1. The van der Waals surface area contributed by atoms with Crippen LogP contribution in [0.25, 0.3) is 0 Å². The highest BCUT2D eigenvalue weighted by molar-refractivity contribution is 7.98. The van der Waals surface area contributed by atoms with Crippen LogP contribution >= 0.6 is 11.8 Å². The third kappa shape index (κ3) is 7.19. The highest BCUT2D eigenvalue weighted by Gasteiger charge is 2.07. The summed E-state index contributed by atoms with van der Waals surface area (Å²) >= 11 is 1.77. The number of carbonyl (C=O) groups is 2. The maximum atomic E-state index is 11.8. The van der Waals surface area contributed by atoms with Crippen molar-refractivity contribution in [3.8, 4) is 5.75 Å². The van der Waals surface area contributed by atoms with Crippen molar-refractivity contribution in [1.82, 2.24) is 5.32 Å². The van der Waals surface area contributed by atoms with Gasteiger partial charge in [-0.15, -0.1) is 0 Å². The fourth-order valence-corrected chi connectivity index (χ4v) is 2.95. The topological polar surface area (TPSA) is 64.6 Å². The van der Waals surface area contributed by atoms with Gasteiger partial charge in [0.15, 0.2) is 6.61 Å². The van der Waals surface area contributed by atoms with Gasteiger partial charge in [-0.2, -0.15) is 11.8 Å². The summed E-state index contributed by atoms with van der Waals surface area (Å²) in [6.07, 6.45) is 0. The average Bonchev–Trinajstić information content (AvgIpc) is 2.67. The molecule has 6 heteroatoms. The fraction of sp³-hybridized carbons (Fsp3) is 0.300. The van der Waals surface area contributed by atoms with Crippen molar-refractivity contribution in [2.24, 2.45) is 0 Å². The predicted molar refractivity (Wildman–Crippen MR) is 104 cm³/mol. The Hall–Kier alpha value is -2.47. The molecule has 0 radical (unpaired) electrons. The second-order valence-corrected chi connectivity index (χ2v) is 6.53. The van der Waals surface area contributed by atoms with E-state index in [4.69, 9.17) is 9.47 Å². The van der Waals surface area contributed by atoms with Crippen LogP contribution in [0.15, 0.2) is 54.6 Å². The number of nitrogens with one attached hydrogen (secondary N) is 1. The molecule has 138 valence electrons. The van der Waals surface area contributed by atoms with E-state index in [1.165, 1.54) is 5.56 Å². The van der Waals surface area contributed by atoms with Crippen LogP contribution in [0.4, 0.5) is 0 Å². The molecule has 0 atom stereocenters. The minimum atomic E-state index is -0.371. The van der Waals surface area contributed by atoms with E-state index >= 15 is 0 Å². The summed E-state index contributed by atoms with van der Waals surface area (Å²) in [7, 11) is 0. The molecule has 2 aromatic rings. The van der Waals surface area contributed by atoms with Crippen LogP contribution < -0.4 is 10.1 Å². The van der Waals surface area contributed by atoms with Crippen molar-refractivity contribution >= 4 is 23.6 Å². The molecule has 5 nitrogen and oxygen atoms in total. The summed E-state index contributed by atoms with van der Waals surface area (Å²) in [6, 6.07) is 16.8. The Kier molecular flexibility index (Phi) is 8.55. The second-order valence-electron chi connectivity index (χ2n) is 5.42. The first-order chi connectivity index (χ1) is 12.7. The molecule has 0 spiro atoms. The molecule has 0 aliphatic rings. The minimum absolute atomic E-state index is 0.0535. The van der Waals surface area contributed by atoms with Gasteiger partial charge in [0, 0.05) is 18.1 Å². The van der Waals surface area contributed by atoms with Gasteiger partial charge in [-0.3, -0.25) is 4.79 Å². The molecule has 0 fully saturated rings. The van der Waals surface area contributed by atoms with Gasteiger partial charge in [0.05, 0.1) is 12.2 Å². The maximum Gasteiger partial charge on any atom is 0.338 e. The van der Waals surface area contributed by atoms with Gasteiger partial charge in [-0.25, -0.2) is 4.79 Å². The Morgan fingerprint density at radius 2 is 1.77 bits per heavy atom. The normalized spacial score (nSPS) is 10.2. The Morgan fingerprint density at radius 1 is 1.04 bits per heavy atom. The fourth-order valence-electron chi connectivity index (χ4n) is 2.13. The predicted octanol–water partition coefficient (Wildman–Crippen LogP) is 3.29. The van der Waals surface area contributed by atoms with Crippen LogP contribution in [-0.2, 0) is 15.3 Å². The van der Waals surface area contributed by atoms with Crippen LogP contribution in [0.3, 0.4) is 0 Å². The van der Waals surface area contributed by atoms with Gasteiger partial charge in [0.25, 0.3) is 5.91 Å². The lowest BCUT2D eigenvalue weighted by Crippen LogP contribution is -2.30. The summed E-state index contributed by atoms with van der Waals surface area (Å²) in [4.78, 5) is 23.3. The second kappa shape index (κ2) is 11.2. The Morgan fingerprint density at radius 3 is 2.46 bits per heavy atom. The summed E-state index contributed by atoms with van der Waals surface area (Å²) < 4.78 is 10.3. The largest absolute Gasteiger partial charge is 0.484 e. The quantitative estimate of drug-likeness (QED) is 0.511. The molecule has 0 unspecified atom stereocenters. The number of rotatable bonds is 10. The molecule has 0 saturated heterocycles. The van der Waals surface area contributed by atoms with Gasteiger partial charge in [0.2, 0.25) is 0 Å². The lowest BCUT2D eigenvalue weighted by atomic mass is 10.2. The first kappa shape index (κ1) is 19.8. The van der Waals surface area contributed by atoms with E-state index in [2.05, 4.69) is 17.4 Å². The third-order valence-electron chi connectivity index (χ3n) is 3.42. The van der Waals surface area contributed by atoms with Crippen LogP contribution in [0, 0.1) is 0 Å². The highest BCUT2D eigenvalue weighted by atomic mass is 32.2. The maximum absolute atomic E-state index is 11.8. The minimum Gasteiger partial charge on any atom is -0.484 e. The zero-order valence-electron chi connectivity index (χ0n) is 14.8. The van der Waals surface area contributed by atoms with Crippen molar-refractivity contribution in [3.63, 3.8) is 0 Å². The van der Waals surface area contributed by atoms with Crippen molar-refractivity contribution in [2.45, 2.75) is 12.7 Å². The lowest BCUT2D eigenvalue weighted by molar-refractivity contribution is -0.122. The summed E-state index contributed by atoms with van der Waals surface area (Å²) in [5, 5.41) is 2.83. The Bertz CT molecular complexity index is 689. The molecule has 0 saturated carbocycles. The smallest absolute Gasteiger partial charge is 0.338 e. The lowest BCUT2D eigenvalue weighted by Gasteiger charge is -2.08. The number of hydrogen-bond donors (Lipinski definition) is 1. The van der Waals surface area contributed by atoms with Gasteiger partial charge < -0.3 is 14.8 Å². The summed E-state index contributed by atoms with van der Waals surface area (Å²) in [5.41, 5.74) is 1.73. The van der Waals surface area contributed by atoms with Gasteiger partial charge >= 0.3 is 5.97 Å². The number of ether oxygens (including phenoxy) is 2. The van der Waals surface area contributed by atoms with E-state index in [0.29, 0.717) is 24.5 Å². The van der Waals surface area contributed by atoms with Crippen LogP contribution in [0.5, 0.6) is 5.75 Å². The molecule has 26 heavy (non-hydrogen) atoms. The van der Waals surface area contributed by atoms with Crippen LogP contribution in [0.1, 0.15) is 22.8 Å². The number of esters is 1. The van der Waals surface area contributed by atoms with Gasteiger partial charge in [-0.05, 0) is 36.8 Å². The third-order valence-corrected chi connectivity index (χ3v) is 4.45. The first-order valence-corrected chi connectivity index (χ1v) is 9.63. The van der Waals surface area contributed by atoms with E-state index in [0.717, 1.165) is 11.5 Å². The van der Waals surface area contributed by atoms with Crippen LogP contribution in [0.2, 0.25) is 0 Å². The van der Waals surface area contributed by atoms with E-state index in [1.807, 2.05) is 18.2 Å². The summed E-state index contributed by atoms with van der Waals surface area (Å²) in [6.45, 7) is 2.64. The van der Waals surface area contributed by atoms with E-state index in [-0.39, 0.29) is 18.5 Å². The number of benzene rings is 2. The molecule has 0 aromatic heterocycles. The standard InChI is InChI=1S/C20H23NO4S/c1-2-24-20(23)17-8-10-18(11-9-17)25-14-19(22)21-12-13-26-15-16-6-4-3-5-7-16/h3-11H,2,12-15H2,1H3,(H,21,22). The zero-order valence-corrected chi connectivity index (χ0v) is 15.6. The zero-order chi connectivity index (χ0) is 18.6. The highest BCUT2D eigenvalue weighted by Crippen LogP contribution is 2.13. The van der Waals surface area contributed by atoms with E-state index < -0.39 is 0 Å². The monoisotopic (exact) mass is 373 g/mol. The molecule has 2 aromatic carbocycles. The van der Waals surface area contributed by atoms with Crippen LogP contribution in [-0.4, -0.2) is 37.4 Å². The van der Waals surface area contributed by atoms with Crippen molar-refractivity contribution in [2.75, 3.05) is 25.5 Å². The SMILES string of the molecule is CCOC(=O)c1ccc(OCC(=O)NCCSCc2ccccc2)cc1. The Labute approximate surface area is 158 Å². The molecule has 0 aliphatic heterocycles. The van der Waals surface area contributed by atoms with E-state index in [1.54, 1.807) is 43.0 Å². The number of hydrogen-bond acceptors (Lipinski definition) is 5. The molecule has 1 N–H and O–H groups in total. The molecular formula is C20H23NO4S. The van der Waals surface area contributed by atoms with Crippen molar-refractivity contribution in [3.05, 3.63) is 65.7 Å². The molecule has 0 aliphatic carbocycles. The summed E-state index contributed by atoms with van der Waals surface area (Å²) in [5.74, 6) is 1.77. The molecular weight excluding hydrogens is 350 g/mol. The van der Waals surface area contributed by atoms with Crippen molar-refractivity contribution < 1.29 is 19.1 Å². The molecule has 2 rings (SSSR count). The number of carbonyl (C=O) groups excluding carboxylic acids is 2. The van der Waals surface area contributed by atoms with Gasteiger partial charge in [-0.1, -0.05) is 30.3 Å². The molecule has 0 heterocycles. The Balaban J connectivity index is 1.60. The van der Waals surface area contributed by atoms with Crippen molar-refractivity contribution in [1.29, 1.82) is 0 Å².